The van der Waals surface area contributed by atoms with Gasteiger partial charge in [0.1, 0.15) is 0 Å². The molecule has 0 aromatic heterocycles. The zero-order valence-corrected chi connectivity index (χ0v) is 15.0. The second-order valence-electron chi connectivity index (χ2n) is 7.08. The summed E-state index contributed by atoms with van der Waals surface area (Å²) in [7, 11) is 1.86. The number of nitrogens with zero attached hydrogens (tertiary/aromatic N) is 1. The zero-order chi connectivity index (χ0) is 17.5. The number of carbonyl (C=O) groups is 2. The lowest BCUT2D eigenvalue weighted by Gasteiger charge is -2.33. The molecule has 1 aromatic rings. The van der Waals surface area contributed by atoms with Crippen LogP contribution in [0, 0.1) is 5.41 Å². The molecule has 1 rings (SSSR count). The smallest absolute Gasteiger partial charge is 0.229 e. The lowest BCUT2D eigenvalue weighted by molar-refractivity contribution is -0.139. The van der Waals surface area contributed by atoms with Gasteiger partial charge < -0.3 is 5.32 Å². The van der Waals surface area contributed by atoms with Gasteiger partial charge in [0.2, 0.25) is 12.3 Å². The number of hydrogen-bond acceptors (Lipinski definition) is 3. The van der Waals surface area contributed by atoms with E-state index in [-0.39, 0.29) is 23.3 Å². The van der Waals surface area contributed by atoms with Crippen LogP contribution in [0.25, 0.3) is 0 Å². The van der Waals surface area contributed by atoms with Crippen molar-refractivity contribution in [3.8, 4) is 0 Å². The first-order valence-corrected chi connectivity index (χ1v) is 8.30. The van der Waals surface area contributed by atoms with Gasteiger partial charge in [-0.05, 0) is 30.4 Å². The topological polar surface area (TPSA) is 49.4 Å². The van der Waals surface area contributed by atoms with Gasteiger partial charge >= 0.3 is 0 Å². The predicted molar refractivity (Wildman–Crippen MR) is 94.2 cm³/mol. The van der Waals surface area contributed by atoms with Gasteiger partial charge in [-0.1, -0.05) is 58.0 Å². The van der Waals surface area contributed by atoms with E-state index in [1.54, 1.807) is 0 Å². The normalized spacial score (nSPS) is 14.1. The van der Waals surface area contributed by atoms with Crippen LogP contribution >= 0.6 is 0 Å². The van der Waals surface area contributed by atoms with Gasteiger partial charge in [0.15, 0.2) is 0 Å². The van der Waals surface area contributed by atoms with Crippen LogP contribution < -0.4 is 5.32 Å². The first-order chi connectivity index (χ1) is 10.8. The van der Waals surface area contributed by atoms with Crippen molar-refractivity contribution in [1.29, 1.82) is 0 Å². The molecule has 23 heavy (non-hydrogen) atoms. The first kappa shape index (κ1) is 19.4. The maximum absolute atomic E-state index is 12.6. The van der Waals surface area contributed by atoms with E-state index in [0.717, 1.165) is 12.0 Å². The highest BCUT2D eigenvalue weighted by Crippen LogP contribution is 2.25. The van der Waals surface area contributed by atoms with Crippen molar-refractivity contribution < 1.29 is 9.59 Å². The van der Waals surface area contributed by atoms with Crippen LogP contribution in [-0.4, -0.2) is 36.9 Å². The number of likely N-dealkylation sites (N-methyl/N-ethyl adjacent to an activating group) is 1. The molecule has 0 spiro atoms. The summed E-state index contributed by atoms with van der Waals surface area (Å²) in [6.07, 6.45) is 1.90. The lowest BCUT2D eigenvalue weighted by Crippen LogP contribution is -2.48. The van der Waals surface area contributed by atoms with Crippen LogP contribution in [0.4, 0.5) is 0 Å². The van der Waals surface area contributed by atoms with Gasteiger partial charge in [-0.15, -0.1) is 0 Å². The average Bonchev–Trinajstić information content (AvgIpc) is 2.53. The number of imide groups is 1. The summed E-state index contributed by atoms with van der Waals surface area (Å²) in [5, 5.41) is 3.21. The van der Waals surface area contributed by atoms with Crippen molar-refractivity contribution in [3.63, 3.8) is 0 Å². The summed E-state index contributed by atoms with van der Waals surface area (Å²) in [6, 6.07) is 10.1. The molecule has 2 atom stereocenters. The van der Waals surface area contributed by atoms with Crippen LogP contribution in [0.3, 0.4) is 0 Å². The fraction of sp³-hybridized carbons (Fsp3) is 0.579. The quantitative estimate of drug-likeness (QED) is 0.749. The Morgan fingerprint density at radius 1 is 1.26 bits per heavy atom. The molecule has 0 aliphatic heterocycles. The molecule has 0 heterocycles. The fourth-order valence-corrected chi connectivity index (χ4v) is 2.75. The molecule has 1 aromatic carbocycles. The highest BCUT2D eigenvalue weighted by molar-refractivity contribution is 5.86. The van der Waals surface area contributed by atoms with Gasteiger partial charge in [0, 0.05) is 19.0 Å². The molecule has 0 saturated heterocycles. The SMILES string of the molecule is CCC(CC(=O)N(C=O)CC(NC)C(C)(C)C)c1ccccc1. The number of carbonyl (C=O) groups excluding carboxylic acids is 2. The van der Waals surface area contributed by atoms with Gasteiger partial charge in [-0.25, -0.2) is 0 Å². The summed E-state index contributed by atoms with van der Waals surface area (Å²) < 4.78 is 0. The number of hydrogen-bond donors (Lipinski definition) is 1. The summed E-state index contributed by atoms with van der Waals surface area (Å²) in [5.41, 5.74) is 1.12. The third kappa shape index (κ3) is 5.79. The van der Waals surface area contributed by atoms with E-state index in [4.69, 9.17) is 0 Å². The van der Waals surface area contributed by atoms with Crippen molar-refractivity contribution >= 4 is 12.3 Å². The average molecular weight is 318 g/mol. The second-order valence-corrected chi connectivity index (χ2v) is 7.08. The maximum atomic E-state index is 12.6. The van der Waals surface area contributed by atoms with Gasteiger partial charge in [-0.2, -0.15) is 0 Å². The van der Waals surface area contributed by atoms with Crippen LogP contribution in [0.15, 0.2) is 30.3 Å². The molecule has 4 nitrogen and oxygen atoms in total. The Morgan fingerprint density at radius 3 is 2.30 bits per heavy atom. The van der Waals surface area contributed by atoms with Crippen LogP contribution in [-0.2, 0) is 9.59 Å². The third-order valence-corrected chi connectivity index (χ3v) is 4.41. The largest absolute Gasteiger partial charge is 0.315 e. The molecule has 0 fully saturated rings. The monoisotopic (exact) mass is 318 g/mol. The minimum atomic E-state index is -0.111. The Labute approximate surface area is 140 Å². The molecule has 0 bridgehead atoms. The van der Waals surface area contributed by atoms with E-state index in [0.29, 0.717) is 19.4 Å². The maximum Gasteiger partial charge on any atom is 0.229 e. The van der Waals surface area contributed by atoms with Gasteiger partial charge in [0.05, 0.1) is 0 Å². The van der Waals surface area contributed by atoms with Crippen LogP contribution in [0.1, 0.15) is 52.0 Å². The Bertz CT molecular complexity index is 494. The predicted octanol–water partition coefficient (Wildman–Crippen LogP) is 3.19. The zero-order valence-electron chi connectivity index (χ0n) is 15.0. The van der Waals surface area contributed by atoms with E-state index in [9.17, 15) is 9.59 Å². The van der Waals surface area contributed by atoms with Crippen molar-refractivity contribution in [2.45, 2.75) is 52.5 Å². The van der Waals surface area contributed by atoms with Crippen LogP contribution in [0.5, 0.6) is 0 Å². The number of rotatable bonds is 8. The number of amides is 2. The highest BCUT2D eigenvalue weighted by atomic mass is 16.2. The number of benzene rings is 1. The molecule has 0 saturated carbocycles. The molecular formula is C19H30N2O2. The van der Waals surface area contributed by atoms with E-state index in [1.807, 2.05) is 37.4 Å². The molecule has 0 aliphatic carbocycles. The second kappa shape index (κ2) is 8.82. The summed E-state index contributed by atoms with van der Waals surface area (Å²) in [4.78, 5) is 25.3. The molecule has 2 unspecified atom stereocenters. The fourth-order valence-electron chi connectivity index (χ4n) is 2.75. The Hall–Kier alpha value is -1.68. The van der Waals surface area contributed by atoms with E-state index in [1.165, 1.54) is 4.90 Å². The van der Waals surface area contributed by atoms with E-state index < -0.39 is 0 Å². The minimum absolute atomic E-state index is 0.0279. The highest BCUT2D eigenvalue weighted by Gasteiger charge is 2.28. The molecule has 128 valence electrons. The Balaban J connectivity index is 2.78. The molecule has 2 amide bonds. The Morgan fingerprint density at radius 2 is 1.87 bits per heavy atom. The molecule has 1 N–H and O–H groups in total. The van der Waals surface area contributed by atoms with Gasteiger partial charge in [-0.3, -0.25) is 14.5 Å². The summed E-state index contributed by atoms with van der Waals surface area (Å²) in [6.45, 7) is 8.76. The van der Waals surface area contributed by atoms with Crippen molar-refractivity contribution in [3.05, 3.63) is 35.9 Å². The molecular weight excluding hydrogens is 288 g/mol. The van der Waals surface area contributed by atoms with Crippen molar-refractivity contribution in [2.24, 2.45) is 5.41 Å². The third-order valence-electron chi connectivity index (χ3n) is 4.41. The lowest BCUT2D eigenvalue weighted by atomic mass is 9.86. The standard InChI is InChI=1S/C19H30N2O2/c1-6-15(16-10-8-7-9-11-16)12-18(23)21(14-22)13-17(20-5)19(2,3)4/h7-11,14-15,17,20H,6,12-13H2,1-5H3. The first-order valence-electron chi connectivity index (χ1n) is 8.30. The van der Waals surface area contributed by atoms with E-state index >= 15 is 0 Å². The van der Waals surface area contributed by atoms with Crippen molar-refractivity contribution in [2.75, 3.05) is 13.6 Å². The minimum Gasteiger partial charge on any atom is -0.315 e. The Kier molecular flexibility index (Phi) is 7.43. The molecule has 4 heteroatoms. The summed E-state index contributed by atoms with van der Waals surface area (Å²) in [5.74, 6) is 0.0361. The van der Waals surface area contributed by atoms with Gasteiger partial charge in [0.25, 0.3) is 0 Å². The molecule has 0 radical (unpaired) electrons. The van der Waals surface area contributed by atoms with Crippen molar-refractivity contribution in [1.82, 2.24) is 10.2 Å². The van der Waals surface area contributed by atoms with Crippen LogP contribution in [0.2, 0.25) is 0 Å². The number of nitrogens with one attached hydrogen (secondary N) is 1. The molecule has 0 aliphatic rings. The van der Waals surface area contributed by atoms with E-state index in [2.05, 4.69) is 33.0 Å². The summed E-state index contributed by atoms with van der Waals surface area (Å²) >= 11 is 0.